The number of hydrogen-bond acceptors (Lipinski definition) is 8. The van der Waals surface area contributed by atoms with Crippen LogP contribution in [0.5, 0.6) is 11.5 Å². The SMILES string of the molecule is CCN(C(=O)C(C)C)c1cc(F)ccc1Oc1cncnc1N1CCN(C(=O)Cc2ccc(S(C)(=O)=O)cc2)CC1. The van der Waals surface area contributed by atoms with Crippen molar-refractivity contribution in [3.63, 3.8) is 0 Å². The van der Waals surface area contributed by atoms with Crippen molar-refractivity contribution < 1.29 is 27.1 Å². The molecule has 10 nitrogen and oxygen atoms in total. The molecule has 0 bridgehead atoms. The summed E-state index contributed by atoms with van der Waals surface area (Å²) >= 11 is 0. The molecule has 4 rings (SSSR count). The van der Waals surface area contributed by atoms with Crippen molar-refractivity contribution in [2.75, 3.05) is 48.8 Å². The van der Waals surface area contributed by atoms with Gasteiger partial charge in [0, 0.05) is 51.0 Å². The molecule has 1 fully saturated rings. The summed E-state index contributed by atoms with van der Waals surface area (Å²) in [6, 6.07) is 10.4. The van der Waals surface area contributed by atoms with E-state index in [4.69, 9.17) is 4.74 Å². The summed E-state index contributed by atoms with van der Waals surface area (Å²) in [5.74, 6) is 0.192. The second-order valence-electron chi connectivity index (χ2n) is 10.1. The predicted octanol–water partition coefficient (Wildman–Crippen LogP) is 3.71. The van der Waals surface area contributed by atoms with Gasteiger partial charge in [-0.1, -0.05) is 26.0 Å². The molecule has 2 amide bonds. The van der Waals surface area contributed by atoms with Gasteiger partial charge in [-0.25, -0.2) is 22.8 Å². The Hall–Kier alpha value is -4.06. The molecule has 0 atom stereocenters. The van der Waals surface area contributed by atoms with Gasteiger partial charge in [0.15, 0.2) is 27.2 Å². The molecule has 0 aliphatic carbocycles. The molecule has 0 N–H and O–H groups in total. The first-order valence-corrected chi connectivity index (χ1v) is 15.3. The highest BCUT2D eigenvalue weighted by Gasteiger charge is 2.26. The lowest BCUT2D eigenvalue weighted by molar-refractivity contribution is -0.130. The lowest BCUT2D eigenvalue weighted by Crippen LogP contribution is -2.49. The van der Waals surface area contributed by atoms with Crippen LogP contribution in [0.3, 0.4) is 0 Å². The van der Waals surface area contributed by atoms with Gasteiger partial charge in [-0.3, -0.25) is 9.59 Å². The number of carbonyl (C=O) groups is 2. The van der Waals surface area contributed by atoms with Gasteiger partial charge in [-0.15, -0.1) is 0 Å². The second-order valence-corrected chi connectivity index (χ2v) is 12.1. The number of ether oxygens (including phenoxy) is 1. The molecule has 1 aliphatic rings. The van der Waals surface area contributed by atoms with Crippen molar-refractivity contribution in [1.82, 2.24) is 14.9 Å². The molecule has 0 saturated carbocycles. The number of sulfone groups is 1. The lowest BCUT2D eigenvalue weighted by atomic mass is 10.1. The van der Waals surface area contributed by atoms with Gasteiger partial charge in [-0.2, -0.15) is 0 Å². The van der Waals surface area contributed by atoms with Crippen molar-refractivity contribution >= 4 is 33.2 Å². The summed E-state index contributed by atoms with van der Waals surface area (Å²) in [6.45, 7) is 7.63. The summed E-state index contributed by atoms with van der Waals surface area (Å²) < 4.78 is 43.8. The number of anilines is 2. The van der Waals surface area contributed by atoms with E-state index in [1.807, 2.05) is 11.8 Å². The van der Waals surface area contributed by atoms with Crippen LogP contribution in [0.1, 0.15) is 26.3 Å². The molecule has 218 valence electrons. The number of amides is 2. The minimum Gasteiger partial charge on any atom is -0.450 e. The number of hydrogen-bond donors (Lipinski definition) is 0. The zero-order valence-electron chi connectivity index (χ0n) is 23.6. The highest BCUT2D eigenvalue weighted by atomic mass is 32.2. The molecular weight excluding hydrogens is 549 g/mol. The van der Waals surface area contributed by atoms with E-state index in [1.165, 1.54) is 47.8 Å². The van der Waals surface area contributed by atoms with Crippen LogP contribution in [-0.2, 0) is 25.8 Å². The summed E-state index contributed by atoms with van der Waals surface area (Å²) in [6.07, 6.45) is 4.25. The van der Waals surface area contributed by atoms with Crippen molar-refractivity contribution in [1.29, 1.82) is 0 Å². The third kappa shape index (κ3) is 7.18. The Morgan fingerprint density at radius 1 is 1.05 bits per heavy atom. The van der Waals surface area contributed by atoms with Gasteiger partial charge >= 0.3 is 0 Å². The van der Waals surface area contributed by atoms with E-state index >= 15 is 0 Å². The number of benzene rings is 2. The Balaban J connectivity index is 1.46. The zero-order chi connectivity index (χ0) is 29.7. The van der Waals surface area contributed by atoms with E-state index < -0.39 is 15.7 Å². The smallest absolute Gasteiger partial charge is 0.229 e. The Morgan fingerprint density at radius 2 is 1.73 bits per heavy atom. The second kappa shape index (κ2) is 12.6. The molecule has 1 aromatic heterocycles. The van der Waals surface area contributed by atoms with Crippen molar-refractivity contribution in [3.05, 3.63) is 66.4 Å². The van der Waals surface area contributed by atoms with Gasteiger partial charge in [-0.05, 0) is 36.8 Å². The third-order valence-electron chi connectivity index (χ3n) is 6.81. The monoisotopic (exact) mass is 583 g/mol. The van der Waals surface area contributed by atoms with Crippen LogP contribution in [0.4, 0.5) is 15.9 Å². The first-order valence-electron chi connectivity index (χ1n) is 13.4. The van der Waals surface area contributed by atoms with Crippen LogP contribution < -0.4 is 14.5 Å². The summed E-state index contributed by atoms with van der Waals surface area (Å²) in [7, 11) is -3.30. The quantitative estimate of drug-likeness (QED) is 0.375. The molecule has 1 saturated heterocycles. The molecular formula is C29H34FN5O5S. The predicted molar refractivity (Wildman–Crippen MR) is 153 cm³/mol. The molecule has 2 heterocycles. The summed E-state index contributed by atoms with van der Waals surface area (Å²) in [5.41, 5.74) is 1.06. The van der Waals surface area contributed by atoms with Crippen LogP contribution in [0.25, 0.3) is 0 Å². The van der Waals surface area contributed by atoms with Gasteiger partial charge in [0.2, 0.25) is 11.8 Å². The van der Waals surface area contributed by atoms with E-state index in [0.717, 1.165) is 11.8 Å². The van der Waals surface area contributed by atoms with Crippen molar-refractivity contribution in [3.8, 4) is 11.5 Å². The lowest BCUT2D eigenvalue weighted by Gasteiger charge is -2.36. The summed E-state index contributed by atoms with van der Waals surface area (Å²) in [4.78, 5) is 39.7. The first kappa shape index (κ1) is 29.9. The number of piperazine rings is 1. The molecule has 3 aromatic rings. The summed E-state index contributed by atoms with van der Waals surface area (Å²) in [5, 5.41) is 0. The Bertz CT molecular complexity index is 1510. The van der Waals surface area contributed by atoms with E-state index in [-0.39, 0.29) is 29.0 Å². The highest BCUT2D eigenvalue weighted by molar-refractivity contribution is 7.90. The Labute approximate surface area is 239 Å². The number of aromatic nitrogens is 2. The molecule has 0 unspecified atom stereocenters. The Morgan fingerprint density at radius 3 is 2.34 bits per heavy atom. The van der Waals surface area contributed by atoms with Crippen molar-refractivity contribution in [2.45, 2.75) is 32.1 Å². The van der Waals surface area contributed by atoms with Crippen LogP contribution in [0, 0.1) is 11.7 Å². The molecule has 12 heteroatoms. The minimum absolute atomic E-state index is 0.0543. The Kier molecular flexibility index (Phi) is 9.21. The highest BCUT2D eigenvalue weighted by Crippen LogP contribution is 2.37. The number of nitrogens with zero attached hydrogens (tertiary/aromatic N) is 5. The third-order valence-corrected chi connectivity index (χ3v) is 7.93. The maximum Gasteiger partial charge on any atom is 0.229 e. The van der Waals surface area contributed by atoms with Gasteiger partial charge < -0.3 is 19.4 Å². The largest absolute Gasteiger partial charge is 0.450 e. The maximum absolute atomic E-state index is 14.2. The van der Waals surface area contributed by atoms with Gasteiger partial charge in [0.1, 0.15) is 12.1 Å². The topological polar surface area (TPSA) is 113 Å². The van der Waals surface area contributed by atoms with Crippen LogP contribution in [0.15, 0.2) is 59.9 Å². The van der Waals surface area contributed by atoms with Crippen molar-refractivity contribution in [2.24, 2.45) is 5.92 Å². The minimum atomic E-state index is -3.30. The van der Waals surface area contributed by atoms with Gasteiger partial charge in [0.05, 0.1) is 23.2 Å². The average Bonchev–Trinajstić information content (AvgIpc) is 2.95. The van der Waals surface area contributed by atoms with Crippen LogP contribution >= 0.6 is 0 Å². The van der Waals surface area contributed by atoms with E-state index in [2.05, 4.69) is 9.97 Å². The molecule has 0 spiro atoms. The fourth-order valence-electron chi connectivity index (χ4n) is 4.59. The first-order chi connectivity index (χ1) is 19.5. The molecule has 2 aromatic carbocycles. The van der Waals surface area contributed by atoms with E-state index in [1.54, 1.807) is 30.9 Å². The van der Waals surface area contributed by atoms with Crippen LogP contribution in [-0.4, -0.2) is 74.1 Å². The normalized spacial score (nSPS) is 13.8. The average molecular weight is 584 g/mol. The maximum atomic E-state index is 14.2. The fourth-order valence-corrected chi connectivity index (χ4v) is 5.22. The standard InChI is InChI=1S/C29H34FN5O5S/c1-5-35(29(37)20(2)3)24-17-22(30)8-11-25(24)40-26-18-31-19-32-28(26)34-14-12-33(13-15-34)27(36)16-21-6-9-23(10-7-21)41(4,38)39/h6-11,17-20H,5,12-16H2,1-4H3. The molecule has 1 aliphatic heterocycles. The number of carbonyl (C=O) groups excluding carboxylic acids is 2. The van der Waals surface area contributed by atoms with Crippen LogP contribution in [0.2, 0.25) is 0 Å². The fraction of sp³-hybridized carbons (Fsp3) is 0.379. The van der Waals surface area contributed by atoms with Gasteiger partial charge in [0.25, 0.3) is 0 Å². The number of rotatable bonds is 9. The number of halogens is 1. The zero-order valence-corrected chi connectivity index (χ0v) is 24.4. The van der Waals surface area contributed by atoms with E-state index in [9.17, 15) is 22.4 Å². The molecule has 41 heavy (non-hydrogen) atoms. The molecule has 0 radical (unpaired) electrons. The van der Waals surface area contributed by atoms with E-state index in [0.29, 0.717) is 55.7 Å².